The zero-order valence-corrected chi connectivity index (χ0v) is 19.9. The van der Waals surface area contributed by atoms with Crippen LogP contribution in [0, 0.1) is 5.92 Å². The summed E-state index contributed by atoms with van der Waals surface area (Å²) >= 11 is 0. The van der Waals surface area contributed by atoms with Gasteiger partial charge in [-0.2, -0.15) is 0 Å². The number of hydrogen-bond acceptors (Lipinski definition) is 5. The van der Waals surface area contributed by atoms with Crippen LogP contribution in [0.2, 0.25) is 0 Å². The van der Waals surface area contributed by atoms with Gasteiger partial charge in [-0.25, -0.2) is 4.79 Å². The zero-order chi connectivity index (χ0) is 24.0. The molecule has 7 nitrogen and oxygen atoms in total. The lowest BCUT2D eigenvalue weighted by atomic mass is 9.94. The largest absolute Gasteiger partial charge is 0.450 e. The lowest BCUT2D eigenvalue weighted by Gasteiger charge is -2.35. The average molecular weight is 455 g/mol. The van der Waals surface area contributed by atoms with Gasteiger partial charge in [0.15, 0.2) is 0 Å². The third-order valence-corrected chi connectivity index (χ3v) is 6.13. The van der Waals surface area contributed by atoms with E-state index in [-0.39, 0.29) is 30.6 Å². The first-order chi connectivity index (χ1) is 15.9. The number of amides is 2. The second-order valence-corrected chi connectivity index (χ2v) is 8.60. The average Bonchev–Trinajstić information content (AvgIpc) is 2.85. The Bertz CT molecular complexity index is 963. The minimum Gasteiger partial charge on any atom is -0.450 e. The Labute approximate surface area is 195 Å². The molecule has 1 aliphatic rings. The third kappa shape index (κ3) is 5.72. The number of aliphatic hydroxyl groups excluding tert-OH is 1. The molecule has 0 spiro atoms. The summed E-state index contributed by atoms with van der Waals surface area (Å²) in [5.74, 6) is -0.231. The van der Waals surface area contributed by atoms with E-state index in [0.29, 0.717) is 31.9 Å². The Morgan fingerprint density at radius 1 is 1.18 bits per heavy atom. The fourth-order valence-corrected chi connectivity index (χ4v) is 4.13. The molecule has 0 fully saturated rings. The number of aliphatic hydroxyl groups is 1. The van der Waals surface area contributed by atoms with Crippen LogP contribution in [-0.4, -0.2) is 72.4 Å². The van der Waals surface area contributed by atoms with Gasteiger partial charge in [0.05, 0.1) is 38.5 Å². The highest BCUT2D eigenvalue weighted by Crippen LogP contribution is 2.31. The summed E-state index contributed by atoms with van der Waals surface area (Å²) < 4.78 is 11.5. The van der Waals surface area contributed by atoms with E-state index in [1.54, 1.807) is 18.9 Å². The highest BCUT2D eigenvalue weighted by atomic mass is 16.6. The highest BCUT2D eigenvalue weighted by molar-refractivity contribution is 6.01. The number of carbonyl (C=O) groups excluding carboxylic acids is 2. The van der Waals surface area contributed by atoms with Gasteiger partial charge in [0, 0.05) is 25.1 Å². The van der Waals surface area contributed by atoms with Crippen LogP contribution in [0.5, 0.6) is 0 Å². The molecule has 0 saturated heterocycles. The SMILES string of the molecule is CCOC(=O)N(C)C[C@@H]1OCc2ccccc2-c2ccccc2C(=O)N([C@H](C)CO)C[C@H]1C. The van der Waals surface area contributed by atoms with Crippen LogP contribution in [0.25, 0.3) is 11.1 Å². The molecule has 1 N–H and O–H groups in total. The van der Waals surface area contributed by atoms with Gasteiger partial charge in [-0.1, -0.05) is 49.4 Å². The predicted molar refractivity (Wildman–Crippen MR) is 127 cm³/mol. The molecule has 3 rings (SSSR count). The fourth-order valence-electron chi connectivity index (χ4n) is 4.13. The number of fused-ring (bicyclic) bond motifs is 3. The molecule has 1 aliphatic heterocycles. The summed E-state index contributed by atoms with van der Waals surface area (Å²) in [5.41, 5.74) is 3.34. The summed E-state index contributed by atoms with van der Waals surface area (Å²) in [6, 6.07) is 15.1. The van der Waals surface area contributed by atoms with E-state index >= 15 is 0 Å². The lowest BCUT2D eigenvalue weighted by Crippen LogP contribution is -2.47. The van der Waals surface area contributed by atoms with E-state index in [2.05, 4.69) is 0 Å². The first-order valence-corrected chi connectivity index (χ1v) is 11.5. The molecule has 0 radical (unpaired) electrons. The molecular formula is C26H34N2O5. The predicted octanol–water partition coefficient (Wildman–Crippen LogP) is 3.80. The van der Waals surface area contributed by atoms with Crippen LogP contribution in [0.3, 0.4) is 0 Å². The van der Waals surface area contributed by atoms with Gasteiger partial charge < -0.3 is 24.4 Å². The number of nitrogens with zero attached hydrogens (tertiary/aromatic N) is 2. The van der Waals surface area contributed by atoms with Gasteiger partial charge in [-0.05, 0) is 36.6 Å². The maximum absolute atomic E-state index is 13.7. The van der Waals surface area contributed by atoms with Crippen molar-refractivity contribution in [2.75, 3.05) is 33.4 Å². The molecule has 2 amide bonds. The number of rotatable bonds is 5. The smallest absolute Gasteiger partial charge is 0.409 e. The lowest BCUT2D eigenvalue weighted by molar-refractivity contribution is -0.0227. The minimum absolute atomic E-state index is 0.0998. The first kappa shape index (κ1) is 24.7. The van der Waals surface area contributed by atoms with Gasteiger partial charge >= 0.3 is 6.09 Å². The Kier molecular flexibility index (Phi) is 8.47. The summed E-state index contributed by atoms with van der Waals surface area (Å²) in [6.45, 7) is 6.81. The molecule has 7 heteroatoms. The van der Waals surface area contributed by atoms with Crippen LogP contribution in [0.4, 0.5) is 4.79 Å². The maximum Gasteiger partial charge on any atom is 0.409 e. The second-order valence-electron chi connectivity index (χ2n) is 8.60. The van der Waals surface area contributed by atoms with Crippen molar-refractivity contribution in [3.8, 4) is 11.1 Å². The van der Waals surface area contributed by atoms with Crippen LogP contribution < -0.4 is 0 Å². The molecule has 0 bridgehead atoms. The third-order valence-electron chi connectivity index (χ3n) is 6.13. The van der Waals surface area contributed by atoms with E-state index in [9.17, 15) is 14.7 Å². The topological polar surface area (TPSA) is 79.3 Å². The first-order valence-electron chi connectivity index (χ1n) is 11.5. The molecule has 0 aromatic heterocycles. The number of ether oxygens (including phenoxy) is 2. The number of benzene rings is 2. The van der Waals surface area contributed by atoms with E-state index < -0.39 is 6.09 Å². The second kappa shape index (κ2) is 11.3. The summed E-state index contributed by atoms with van der Waals surface area (Å²) in [6.07, 6.45) is -0.748. The Balaban J connectivity index is 2.04. The summed E-state index contributed by atoms with van der Waals surface area (Å²) in [4.78, 5) is 29.2. The van der Waals surface area contributed by atoms with Gasteiger partial charge in [0.25, 0.3) is 5.91 Å². The van der Waals surface area contributed by atoms with E-state index in [4.69, 9.17) is 9.47 Å². The molecule has 0 aliphatic carbocycles. The van der Waals surface area contributed by atoms with Crippen LogP contribution in [0.1, 0.15) is 36.7 Å². The molecule has 0 unspecified atom stereocenters. The van der Waals surface area contributed by atoms with E-state index in [1.807, 2.05) is 62.4 Å². The van der Waals surface area contributed by atoms with E-state index in [0.717, 1.165) is 16.7 Å². The standard InChI is InChI=1S/C26H34N2O5/c1-5-32-26(31)27(4)15-24-18(2)14-28(19(3)16-29)25(30)23-13-9-8-12-22(23)21-11-7-6-10-20(21)17-33-24/h6-13,18-19,24,29H,5,14-17H2,1-4H3/t18-,19-,24+/m1/s1. The minimum atomic E-state index is -0.410. The number of likely N-dealkylation sites (N-methyl/N-ethyl adjacent to an activating group) is 1. The molecule has 3 atom stereocenters. The summed E-state index contributed by atoms with van der Waals surface area (Å²) in [7, 11) is 1.68. The number of carbonyl (C=O) groups is 2. The Morgan fingerprint density at radius 3 is 2.48 bits per heavy atom. The molecule has 178 valence electrons. The molecule has 2 aromatic rings. The molecule has 2 aromatic carbocycles. The van der Waals surface area contributed by atoms with Crippen molar-refractivity contribution in [3.05, 3.63) is 59.7 Å². The highest BCUT2D eigenvalue weighted by Gasteiger charge is 2.31. The van der Waals surface area contributed by atoms with Gasteiger partial charge in [-0.15, -0.1) is 0 Å². The van der Waals surface area contributed by atoms with Gasteiger partial charge in [-0.3, -0.25) is 4.79 Å². The number of hydrogen-bond donors (Lipinski definition) is 1. The van der Waals surface area contributed by atoms with Crippen LogP contribution >= 0.6 is 0 Å². The van der Waals surface area contributed by atoms with Crippen molar-refractivity contribution >= 4 is 12.0 Å². The van der Waals surface area contributed by atoms with Gasteiger partial charge in [0.1, 0.15) is 0 Å². The van der Waals surface area contributed by atoms with Crippen molar-refractivity contribution in [2.45, 2.75) is 39.5 Å². The van der Waals surface area contributed by atoms with Gasteiger partial charge in [0.2, 0.25) is 0 Å². The monoisotopic (exact) mass is 454 g/mol. The molecule has 0 saturated carbocycles. The Morgan fingerprint density at radius 2 is 1.82 bits per heavy atom. The molecular weight excluding hydrogens is 420 g/mol. The zero-order valence-electron chi connectivity index (χ0n) is 19.9. The fraction of sp³-hybridized carbons (Fsp3) is 0.462. The van der Waals surface area contributed by atoms with Crippen molar-refractivity contribution in [1.82, 2.24) is 9.80 Å². The van der Waals surface area contributed by atoms with Crippen molar-refractivity contribution in [3.63, 3.8) is 0 Å². The Hall–Kier alpha value is -2.90. The van der Waals surface area contributed by atoms with Crippen LogP contribution in [0.15, 0.2) is 48.5 Å². The van der Waals surface area contributed by atoms with Crippen molar-refractivity contribution in [2.24, 2.45) is 5.92 Å². The van der Waals surface area contributed by atoms with Crippen molar-refractivity contribution < 1.29 is 24.2 Å². The quantitative estimate of drug-likeness (QED) is 0.744. The van der Waals surface area contributed by atoms with Crippen LogP contribution in [-0.2, 0) is 16.1 Å². The molecule has 1 heterocycles. The maximum atomic E-state index is 13.7. The van der Waals surface area contributed by atoms with Crippen molar-refractivity contribution in [1.29, 1.82) is 0 Å². The normalized spacial score (nSPS) is 19.7. The molecule has 33 heavy (non-hydrogen) atoms. The summed E-state index contributed by atoms with van der Waals surface area (Å²) in [5, 5.41) is 9.89. The van der Waals surface area contributed by atoms with E-state index in [1.165, 1.54) is 4.90 Å².